The number of carbonyl (C=O) groups excluding carboxylic acids is 1. The average Bonchev–Trinajstić information content (AvgIpc) is 2.74. The number of likely N-dealkylation sites (tertiary alicyclic amines) is 1. The largest absolute Gasteiger partial charge is 0.329 e. The molecule has 3 rings (SSSR count). The Hall–Kier alpha value is -1.75. The summed E-state index contributed by atoms with van der Waals surface area (Å²) in [5, 5.41) is -0.412. The number of hydrogen-bond acceptors (Lipinski definition) is 2. The van der Waals surface area contributed by atoms with E-state index in [0.717, 1.165) is 23.9 Å². The highest BCUT2D eigenvalue weighted by molar-refractivity contribution is 6.62. The number of carbonyl (C=O) groups is 1. The van der Waals surface area contributed by atoms with E-state index in [9.17, 15) is 9.59 Å². The lowest BCUT2D eigenvalue weighted by Crippen LogP contribution is -2.38. The van der Waals surface area contributed by atoms with E-state index < -0.39 is 5.37 Å². The number of aromatic nitrogens is 2. The van der Waals surface area contributed by atoms with E-state index in [0.29, 0.717) is 13.1 Å². The molecule has 0 aliphatic carbocycles. The molecule has 1 aliphatic heterocycles. The highest BCUT2D eigenvalue weighted by Gasteiger charge is 2.25. The van der Waals surface area contributed by atoms with Crippen LogP contribution in [0.1, 0.15) is 18.9 Å². The van der Waals surface area contributed by atoms with Gasteiger partial charge >= 0.3 is 11.1 Å². The highest BCUT2D eigenvalue weighted by atomic mass is 35.5. The molecule has 1 aliphatic rings. The first-order valence-electron chi connectivity index (χ1n) is 6.30. The van der Waals surface area contributed by atoms with Crippen LogP contribution >= 0.6 is 11.6 Å². The van der Waals surface area contributed by atoms with Crippen LogP contribution in [0.5, 0.6) is 0 Å². The molecule has 2 heterocycles. The predicted octanol–water partition coefficient (Wildman–Crippen LogP) is 2.33. The molecule has 1 amide bonds. The van der Waals surface area contributed by atoms with Crippen LogP contribution in [-0.4, -0.2) is 32.9 Å². The van der Waals surface area contributed by atoms with Gasteiger partial charge in [0.25, 0.3) is 0 Å². The van der Waals surface area contributed by atoms with Crippen molar-refractivity contribution in [2.24, 2.45) is 0 Å². The highest BCUT2D eigenvalue weighted by Crippen LogP contribution is 2.25. The van der Waals surface area contributed by atoms with E-state index in [1.807, 2.05) is 24.3 Å². The third kappa shape index (κ3) is 2.14. The third-order valence-corrected chi connectivity index (χ3v) is 3.94. The predicted molar refractivity (Wildman–Crippen MR) is 73.7 cm³/mol. The average molecular weight is 280 g/mol. The molecule has 1 aromatic carbocycles. The Bertz CT molecular complexity index is 668. The zero-order chi connectivity index (χ0) is 13.4. The zero-order valence-electron chi connectivity index (χ0n) is 10.3. The van der Waals surface area contributed by atoms with Crippen LogP contribution in [0.15, 0.2) is 29.1 Å². The molecule has 0 saturated carbocycles. The van der Waals surface area contributed by atoms with Crippen molar-refractivity contribution in [3.63, 3.8) is 0 Å². The summed E-state index contributed by atoms with van der Waals surface area (Å²) in [6.45, 7) is 1.19. The topological polar surface area (TPSA) is 58.1 Å². The zero-order valence-corrected chi connectivity index (χ0v) is 11.1. The molecule has 19 heavy (non-hydrogen) atoms. The smallest absolute Gasteiger partial charge is 0.326 e. The van der Waals surface area contributed by atoms with Crippen LogP contribution in [-0.2, 0) is 0 Å². The number of piperidine rings is 1. The number of imidazole rings is 1. The maximum atomic E-state index is 12.1. The van der Waals surface area contributed by atoms with Crippen LogP contribution in [0, 0.1) is 0 Å². The monoisotopic (exact) mass is 279 g/mol. The lowest BCUT2D eigenvalue weighted by Gasteiger charge is -2.30. The number of rotatable bonds is 1. The third-order valence-electron chi connectivity index (χ3n) is 3.70. The van der Waals surface area contributed by atoms with Crippen molar-refractivity contribution < 1.29 is 4.79 Å². The molecule has 0 atom stereocenters. The molecule has 6 heteroatoms. The Kier molecular flexibility index (Phi) is 3.06. The first-order valence-corrected chi connectivity index (χ1v) is 6.68. The summed E-state index contributed by atoms with van der Waals surface area (Å²) in [6.07, 6.45) is 1.50. The van der Waals surface area contributed by atoms with Crippen molar-refractivity contribution >= 4 is 28.0 Å². The normalized spacial score (nSPS) is 17.0. The van der Waals surface area contributed by atoms with E-state index in [1.54, 1.807) is 9.47 Å². The Balaban J connectivity index is 1.92. The van der Waals surface area contributed by atoms with E-state index in [-0.39, 0.29) is 11.7 Å². The van der Waals surface area contributed by atoms with E-state index >= 15 is 0 Å². The van der Waals surface area contributed by atoms with Crippen molar-refractivity contribution in [1.29, 1.82) is 0 Å². The molecule has 1 aromatic heterocycles. The van der Waals surface area contributed by atoms with Gasteiger partial charge in [0.05, 0.1) is 11.0 Å². The fourth-order valence-electron chi connectivity index (χ4n) is 2.74. The van der Waals surface area contributed by atoms with Crippen LogP contribution in [0.3, 0.4) is 0 Å². The van der Waals surface area contributed by atoms with E-state index in [4.69, 9.17) is 11.6 Å². The van der Waals surface area contributed by atoms with Crippen molar-refractivity contribution in [3.05, 3.63) is 34.7 Å². The Morgan fingerprint density at radius 3 is 2.63 bits per heavy atom. The second kappa shape index (κ2) is 4.74. The summed E-state index contributed by atoms with van der Waals surface area (Å²) in [5.41, 5.74) is 1.68. The van der Waals surface area contributed by atoms with Crippen LogP contribution in [0.2, 0.25) is 0 Å². The second-order valence-electron chi connectivity index (χ2n) is 4.79. The first-order chi connectivity index (χ1) is 9.16. The molecule has 1 N–H and O–H groups in total. The van der Waals surface area contributed by atoms with E-state index in [2.05, 4.69) is 4.98 Å². The Morgan fingerprint density at radius 1 is 1.26 bits per heavy atom. The molecular formula is C13H14ClN3O2. The summed E-state index contributed by atoms with van der Waals surface area (Å²) >= 11 is 5.47. The molecule has 5 nitrogen and oxygen atoms in total. The van der Waals surface area contributed by atoms with Crippen LogP contribution in [0.4, 0.5) is 4.79 Å². The minimum absolute atomic E-state index is 0.0862. The molecular weight excluding hydrogens is 266 g/mol. The SMILES string of the molecule is O=C(Cl)N1CCC(n2c(=O)[nH]c3ccccc32)CC1. The van der Waals surface area contributed by atoms with Crippen molar-refractivity contribution in [3.8, 4) is 0 Å². The van der Waals surface area contributed by atoms with Gasteiger partial charge in [-0.15, -0.1) is 0 Å². The number of nitrogens with zero attached hydrogens (tertiary/aromatic N) is 2. The van der Waals surface area contributed by atoms with Gasteiger partial charge in [0, 0.05) is 19.1 Å². The van der Waals surface area contributed by atoms with Gasteiger partial charge in [-0.25, -0.2) is 4.79 Å². The quantitative estimate of drug-likeness (QED) is 0.643. The van der Waals surface area contributed by atoms with Gasteiger partial charge in [0.1, 0.15) is 0 Å². The molecule has 0 bridgehead atoms. The van der Waals surface area contributed by atoms with E-state index in [1.165, 1.54) is 0 Å². The molecule has 1 saturated heterocycles. The standard InChI is InChI=1S/C13H14ClN3O2/c14-12(18)16-7-5-9(6-8-16)17-11-4-2-1-3-10(11)15-13(17)19/h1-4,9H,5-8H2,(H,15,19). The number of fused-ring (bicyclic) bond motifs is 1. The Morgan fingerprint density at radius 2 is 1.95 bits per heavy atom. The number of hydrogen-bond donors (Lipinski definition) is 1. The second-order valence-corrected chi connectivity index (χ2v) is 5.11. The maximum Gasteiger partial charge on any atom is 0.326 e. The first kappa shape index (κ1) is 12.3. The number of H-pyrrole nitrogens is 1. The number of amides is 1. The summed E-state index contributed by atoms with van der Waals surface area (Å²) in [6, 6.07) is 7.77. The molecule has 0 unspecified atom stereocenters. The molecule has 2 aromatic rings. The fraction of sp³-hybridized carbons (Fsp3) is 0.385. The number of aromatic amines is 1. The number of benzene rings is 1. The van der Waals surface area contributed by atoms with Crippen LogP contribution < -0.4 is 5.69 Å². The number of nitrogens with one attached hydrogen (secondary N) is 1. The number of para-hydroxylation sites is 2. The summed E-state index contributed by atoms with van der Waals surface area (Å²) in [5.74, 6) is 0. The summed E-state index contributed by atoms with van der Waals surface area (Å²) in [7, 11) is 0. The molecule has 0 radical (unpaired) electrons. The van der Waals surface area contributed by atoms with Gasteiger partial charge in [-0.2, -0.15) is 0 Å². The summed E-state index contributed by atoms with van der Waals surface area (Å²) in [4.78, 5) is 27.6. The molecule has 100 valence electrons. The van der Waals surface area contributed by atoms with Gasteiger partial charge in [-0.05, 0) is 36.6 Å². The van der Waals surface area contributed by atoms with Gasteiger partial charge in [-0.1, -0.05) is 12.1 Å². The lowest BCUT2D eigenvalue weighted by molar-refractivity contribution is 0.193. The maximum absolute atomic E-state index is 12.1. The summed E-state index contributed by atoms with van der Waals surface area (Å²) < 4.78 is 1.80. The van der Waals surface area contributed by atoms with Gasteiger partial charge < -0.3 is 9.88 Å². The van der Waals surface area contributed by atoms with Gasteiger partial charge in [0.2, 0.25) is 0 Å². The van der Waals surface area contributed by atoms with Crippen molar-refractivity contribution in [1.82, 2.24) is 14.5 Å². The lowest BCUT2D eigenvalue weighted by atomic mass is 10.1. The Labute approximate surface area is 114 Å². The van der Waals surface area contributed by atoms with Crippen molar-refractivity contribution in [2.75, 3.05) is 13.1 Å². The number of halogens is 1. The fourth-order valence-corrected chi connectivity index (χ4v) is 2.91. The van der Waals surface area contributed by atoms with Crippen LogP contribution in [0.25, 0.3) is 11.0 Å². The van der Waals surface area contributed by atoms with Gasteiger partial charge in [0.15, 0.2) is 0 Å². The van der Waals surface area contributed by atoms with Crippen molar-refractivity contribution in [2.45, 2.75) is 18.9 Å². The molecule has 0 spiro atoms. The van der Waals surface area contributed by atoms with Gasteiger partial charge in [-0.3, -0.25) is 9.36 Å². The molecule has 1 fully saturated rings. The minimum atomic E-state index is -0.412. The minimum Gasteiger partial charge on any atom is -0.329 e.